The molecular formula is C8H10F3N3OS. The number of aliphatic hydroxyl groups excluding tert-OH is 1. The number of hydrogen-bond donors (Lipinski definition) is 1. The average molecular weight is 253 g/mol. The lowest BCUT2D eigenvalue weighted by Gasteiger charge is -2.29. The SMILES string of the molecule is O[C@H]1CCCN(c2nc(C(F)(F)F)ns2)C1. The number of anilines is 1. The predicted molar refractivity (Wildman–Crippen MR) is 52.4 cm³/mol. The Kier molecular flexibility index (Phi) is 3.02. The first kappa shape index (κ1) is 11.6. The molecule has 1 aromatic heterocycles. The lowest BCUT2D eigenvalue weighted by atomic mass is 10.1. The van der Waals surface area contributed by atoms with Gasteiger partial charge in [0.15, 0.2) is 0 Å². The summed E-state index contributed by atoms with van der Waals surface area (Å²) in [6, 6.07) is 0. The normalized spacial score (nSPS) is 22.5. The molecule has 0 aromatic carbocycles. The Bertz CT molecular complexity index is 368. The van der Waals surface area contributed by atoms with Crippen LogP contribution in [0.1, 0.15) is 18.7 Å². The van der Waals surface area contributed by atoms with Crippen molar-refractivity contribution < 1.29 is 18.3 Å². The van der Waals surface area contributed by atoms with Crippen molar-refractivity contribution >= 4 is 16.7 Å². The molecule has 0 saturated carbocycles. The first-order valence-corrected chi connectivity index (χ1v) is 5.58. The van der Waals surface area contributed by atoms with Crippen molar-refractivity contribution in [1.82, 2.24) is 9.36 Å². The lowest BCUT2D eigenvalue weighted by molar-refractivity contribution is -0.144. The van der Waals surface area contributed by atoms with Crippen LogP contribution >= 0.6 is 11.5 Å². The maximum absolute atomic E-state index is 12.3. The standard InChI is InChI=1S/C8H10F3N3OS/c9-8(10,11)6-12-7(16-13-6)14-3-1-2-5(15)4-14/h5,15H,1-4H2/t5-/m0/s1. The molecule has 90 valence electrons. The second-order valence-electron chi connectivity index (χ2n) is 3.64. The van der Waals surface area contributed by atoms with Gasteiger partial charge in [0.2, 0.25) is 11.0 Å². The van der Waals surface area contributed by atoms with E-state index in [1.54, 1.807) is 4.90 Å². The van der Waals surface area contributed by atoms with E-state index < -0.39 is 18.1 Å². The van der Waals surface area contributed by atoms with Gasteiger partial charge < -0.3 is 10.0 Å². The number of rotatable bonds is 1. The molecule has 0 radical (unpaired) electrons. The van der Waals surface area contributed by atoms with Gasteiger partial charge in [0.05, 0.1) is 6.10 Å². The molecule has 0 unspecified atom stereocenters. The van der Waals surface area contributed by atoms with Crippen LogP contribution in [0.25, 0.3) is 0 Å². The number of aromatic nitrogens is 2. The van der Waals surface area contributed by atoms with E-state index in [0.29, 0.717) is 19.5 Å². The van der Waals surface area contributed by atoms with E-state index in [2.05, 4.69) is 9.36 Å². The molecule has 0 amide bonds. The van der Waals surface area contributed by atoms with Gasteiger partial charge >= 0.3 is 6.18 Å². The fourth-order valence-electron chi connectivity index (χ4n) is 1.59. The summed E-state index contributed by atoms with van der Waals surface area (Å²) in [4.78, 5) is 5.08. The van der Waals surface area contributed by atoms with Gasteiger partial charge in [-0.1, -0.05) is 0 Å². The topological polar surface area (TPSA) is 49.2 Å². The second-order valence-corrected chi connectivity index (χ2v) is 4.37. The molecule has 1 N–H and O–H groups in total. The Hall–Kier alpha value is -0.890. The maximum atomic E-state index is 12.3. The summed E-state index contributed by atoms with van der Waals surface area (Å²) in [6.07, 6.45) is -3.56. The van der Waals surface area contributed by atoms with Crippen LogP contribution in [-0.4, -0.2) is 33.7 Å². The summed E-state index contributed by atoms with van der Waals surface area (Å²) in [5.41, 5.74) is 0. The minimum Gasteiger partial charge on any atom is -0.391 e. The minimum atomic E-state index is -4.50. The van der Waals surface area contributed by atoms with Gasteiger partial charge in [0, 0.05) is 24.6 Å². The summed E-state index contributed by atoms with van der Waals surface area (Å²) < 4.78 is 40.0. The molecule has 0 bridgehead atoms. The molecule has 1 aliphatic rings. The first-order valence-electron chi connectivity index (χ1n) is 4.81. The monoisotopic (exact) mass is 253 g/mol. The summed E-state index contributed by atoms with van der Waals surface area (Å²) in [5.74, 6) is -1.10. The zero-order valence-corrected chi connectivity index (χ0v) is 9.05. The fourth-order valence-corrected chi connectivity index (χ4v) is 2.31. The summed E-state index contributed by atoms with van der Waals surface area (Å²) in [5, 5.41) is 9.63. The Morgan fingerprint density at radius 2 is 2.19 bits per heavy atom. The van der Waals surface area contributed by atoms with Gasteiger partial charge in [-0.05, 0) is 12.8 Å². The number of hydrogen-bond acceptors (Lipinski definition) is 5. The predicted octanol–water partition coefficient (Wildman–Crippen LogP) is 1.52. The van der Waals surface area contributed by atoms with Crippen LogP contribution in [0.4, 0.5) is 18.3 Å². The van der Waals surface area contributed by atoms with Gasteiger partial charge in [-0.15, -0.1) is 0 Å². The van der Waals surface area contributed by atoms with E-state index in [1.807, 2.05) is 0 Å². The molecule has 8 heteroatoms. The highest BCUT2D eigenvalue weighted by molar-refractivity contribution is 7.09. The molecule has 1 saturated heterocycles. The molecule has 2 rings (SSSR count). The first-order chi connectivity index (χ1) is 7.47. The molecule has 1 aliphatic heterocycles. The lowest BCUT2D eigenvalue weighted by Crippen LogP contribution is -2.38. The number of piperidine rings is 1. The van der Waals surface area contributed by atoms with E-state index >= 15 is 0 Å². The third kappa shape index (κ3) is 2.43. The molecular weight excluding hydrogens is 243 g/mol. The number of nitrogens with zero attached hydrogens (tertiary/aromatic N) is 3. The van der Waals surface area contributed by atoms with Gasteiger partial charge in [-0.2, -0.15) is 22.5 Å². The largest absolute Gasteiger partial charge is 0.452 e. The zero-order valence-electron chi connectivity index (χ0n) is 8.24. The van der Waals surface area contributed by atoms with Gasteiger partial charge in [-0.25, -0.2) is 0 Å². The second kappa shape index (κ2) is 4.17. The van der Waals surface area contributed by atoms with Crippen molar-refractivity contribution in [2.75, 3.05) is 18.0 Å². The van der Waals surface area contributed by atoms with Gasteiger partial charge in [0.25, 0.3) is 0 Å². The summed E-state index contributed by atoms with van der Waals surface area (Å²) >= 11 is 0.719. The van der Waals surface area contributed by atoms with E-state index in [4.69, 9.17) is 0 Å². The summed E-state index contributed by atoms with van der Waals surface area (Å²) in [7, 11) is 0. The number of β-amino-alcohol motifs (C(OH)–C–C–N with tert-alkyl or cyclic N) is 1. The van der Waals surface area contributed by atoms with Crippen LogP contribution in [0.2, 0.25) is 0 Å². The van der Waals surface area contributed by atoms with E-state index in [1.165, 1.54) is 0 Å². The molecule has 1 fully saturated rings. The molecule has 0 aliphatic carbocycles. The van der Waals surface area contributed by atoms with E-state index in [9.17, 15) is 18.3 Å². The van der Waals surface area contributed by atoms with Crippen molar-refractivity contribution in [2.45, 2.75) is 25.1 Å². The highest BCUT2D eigenvalue weighted by atomic mass is 32.1. The van der Waals surface area contributed by atoms with Crippen LogP contribution in [0.3, 0.4) is 0 Å². The third-order valence-corrected chi connectivity index (χ3v) is 3.11. The minimum absolute atomic E-state index is 0.228. The van der Waals surface area contributed by atoms with Gasteiger partial charge in [-0.3, -0.25) is 0 Å². The third-order valence-electron chi connectivity index (χ3n) is 2.34. The van der Waals surface area contributed by atoms with Crippen molar-refractivity contribution in [3.63, 3.8) is 0 Å². The Balaban J connectivity index is 2.12. The number of aliphatic hydroxyl groups is 1. The molecule has 0 spiro atoms. The van der Waals surface area contributed by atoms with E-state index in [-0.39, 0.29) is 5.13 Å². The maximum Gasteiger partial charge on any atom is 0.452 e. The Morgan fingerprint density at radius 3 is 2.75 bits per heavy atom. The van der Waals surface area contributed by atoms with Gasteiger partial charge in [0.1, 0.15) is 0 Å². The van der Waals surface area contributed by atoms with Crippen LogP contribution in [-0.2, 0) is 6.18 Å². The van der Waals surface area contributed by atoms with Crippen molar-refractivity contribution in [2.24, 2.45) is 0 Å². The van der Waals surface area contributed by atoms with Crippen molar-refractivity contribution in [1.29, 1.82) is 0 Å². The molecule has 16 heavy (non-hydrogen) atoms. The van der Waals surface area contributed by atoms with Crippen LogP contribution < -0.4 is 4.90 Å². The van der Waals surface area contributed by atoms with Crippen LogP contribution in [0, 0.1) is 0 Å². The zero-order chi connectivity index (χ0) is 11.8. The van der Waals surface area contributed by atoms with Crippen molar-refractivity contribution in [3.8, 4) is 0 Å². The highest BCUT2D eigenvalue weighted by Gasteiger charge is 2.36. The van der Waals surface area contributed by atoms with Crippen LogP contribution in [0.15, 0.2) is 0 Å². The number of halogens is 3. The quantitative estimate of drug-likeness (QED) is 0.824. The van der Waals surface area contributed by atoms with Crippen LogP contribution in [0.5, 0.6) is 0 Å². The molecule has 1 aromatic rings. The molecule has 2 heterocycles. The Morgan fingerprint density at radius 1 is 1.44 bits per heavy atom. The Labute approximate surface area is 93.9 Å². The molecule has 4 nitrogen and oxygen atoms in total. The molecule has 1 atom stereocenters. The highest BCUT2D eigenvalue weighted by Crippen LogP contribution is 2.31. The number of alkyl halides is 3. The van der Waals surface area contributed by atoms with Crippen molar-refractivity contribution in [3.05, 3.63) is 5.82 Å². The average Bonchev–Trinajstić information content (AvgIpc) is 2.65. The summed E-state index contributed by atoms with van der Waals surface area (Å²) in [6.45, 7) is 0.941. The fraction of sp³-hybridized carbons (Fsp3) is 0.750. The smallest absolute Gasteiger partial charge is 0.391 e. The van der Waals surface area contributed by atoms with E-state index in [0.717, 1.165) is 18.0 Å².